The van der Waals surface area contributed by atoms with Gasteiger partial charge in [-0.25, -0.2) is 13.1 Å². The molecule has 122 valence electrons. The normalized spacial score (nSPS) is 12.2. The standard InChI is InChI=1S/C14H27N3O3S/c1-4-5-15-9-13-8-14(10-16-13)21(18,19)17-6-7-20-11-12(2)3/h8,10,12,15-17H,4-7,9,11H2,1-3H3. The van der Waals surface area contributed by atoms with E-state index < -0.39 is 10.0 Å². The molecular formula is C14H27N3O3S. The number of aromatic amines is 1. The highest BCUT2D eigenvalue weighted by Gasteiger charge is 2.15. The Morgan fingerprint density at radius 2 is 2.10 bits per heavy atom. The maximum absolute atomic E-state index is 12.1. The van der Waals surface area contributed by atoms with Crippen molar-refractivity contribution in [2.24, 2.45) is 5.92 Å². The summed E-state index contributed by atoms with van der Waals surface area (Å²) in [6.45, 7) is 9.04. The van der Waals surface area contributed by atoms with Crippen molar-refractivity contribution in [2.45, 2.75) is 38.6 Å². The zero-order valence-corrected chi connectivity index (χ0v) is 13.9. The second-order valence-corrected chi connectivity index (χ2v) is 7.17. The third-order valence-electron chi connectivity index (χ3n) is 2.76. The molecule has 21 heavy (non-hydrogen) atoms. The molecule has 0 unspecified atom stereocenters. The monoisotopic (exact) mass is 317 g/mol. The van der Waals surface area contributed by atoms with Crippen LogP contribution in [0.4, 0.5) is 0 Å². The molecule has 7 heteroatoms. The van der Waals surface area contributed by atoms with Crippen molar-refractivity contribution < 1.29 is 13.2 Å². The third-order valence-corrected chi connectivity index (χ3v) is 4.20. The van der Waals surface area contributed by atoms with Crippen molar-refractivity contribution in [3.05, 3.63) is 18.0 Å². The molecule has 0 aliphatic carbocycles. The highest BCUT2D eigenvalue weighted by molar-refractivity contribution is 7.89. The van der Waals surface area contributed by atoms with E-state index in [1.807, 2.05) is 0 Å². The molecule has 0 aromatic carbocycles. The second kappa shape index (κ2) is 9.19. The number of ether oxygens (including phenoxy) is 1. The summed E-state index contributed by atoms with van der Waals surface area (Å²) in [6, 6.07) is 1.65. The topological polar surface area (TPSA) is 83.2 Å². The van der Waals surface area contributed by atoms with Crippen LogP contribution in [0.5, 0.6) is 0 Å². The molecule has 1 aromatic heterocycles. The highest BCUT2D eigenvalue weighted by atomic mass is 32.2. The van der Waals surface area contributed by atoms with E-state index in [-0.39, 0.29) is 11.4 Å². The van der Waals surface area contributed by atoms with E-state index >= 15 is 0 Å². The van der Waals surface area contributed by atoms with Gasteiger partial charge < -0.3 is 15.0 Å². The van der Waals surface area contributed by atoms with Gasteiger partial charge in [-0.3, -0.25) is 0 Å². The lowest BCUT2D eigenvalue weighted by Crippen LogP contribution is -2.27. The van der Waals surface area contributed by atoms with Crippen LogP contribution in [0.2, 0.25) is 0 Å². The fourth-order valence-corrected chi connectivity index (χ4v) is 2.76. The van der Waals surface area contributed by atoms with Crippen molar-refractivity contribution in [3.8, 4) is 0 Å². The van der Waals surface area contributed by atoms with E-state index in [2.05, 4.69) is 35.8 Å². The summed E-state index contributed by atoms with van der Waals surface area (Å²) in [6.07, 6.45) is 2.56. The van der Waals surface area contributed by atoms with Gasteiger partial charge in [0.25, 0.3) is 0 Å². The molecule has 6 nitrogen and oxygen atoms in total. The van der Waals surface area contributed by atoms with Crippen molar-refractivity contribution >= 4 is 10.0 Å². The van der Waals surface area contributed by atoms with Crippen LogP contribution < -0.4 is 10.0 Å². The van der Waals surface area contributed by atoms with Crippen molar-refractivity contribution in [3.63, 3.8) is 0 Å². The van der Waals surface area contributed by atoms with Gasteiger partial charge in [0.05, 0.1) is 11.5 Å². The van der Waals surface area contributed by atoms with Gasteiger partial charge in [0, 0.05) is 31.6 Å². The molecule has 1 heterocycles. The van der Waals surface area contributed by atoms with Crippen LogP contribution in [0.1, 0.15) is 32.9 Å². The molecule has 0 fully saturated rings. The van der Waals surface area contributed by atoms with Crippen molar-refractivity contribution in [1.82, 2.24) is 15.0 Å². The molecule has 0 aliphatic heterocycles. The Labute approximate surface area is 127 Å². The van der Waals surface area contributed by atoms with E-state index in [4.69, 9.17) is 4.74 Å². The number of hydrogen-bond acceptors (Lipinski definition) is 4. The van der Waals surface area contributed by atoms with E-state index in [9.17, 15) is 8.42 Å². The smallest absolute Gasteiger partial charge is 0.242 e. The summed E-state index contributed by atoms with van der Waals surface area (Å²) in [5.41, 5.74) is 0.861. The van der Waals surface area contributed by atoms with Crippen LogP contribution in [0.3, 0.4) is 0 Å². The second-order valence-electron chi connectivity index (χ2n) is 5.40. The zero-order valence-electron chi connectivity index (χ0n) is 13.1. The van der Waals surface area contributed by atoms with E-state index in [0.29, 0.717) is 25.7 Å². The summed E-state index contributed by atoms with van der Waals surface area (Å²) < 4.78 is 32.0. The van der Waals surface area contributed by atoms with Gasteiger partial charge in [0.15, 0.2) is 0 Å². The lowest BCUT2D eigenvalue weighted by atomic mass is 10.2. The van der Waals surface area contributed by atoms with Crippen LogP contribution >= 0.6 is 0 Å². The van der Waals surface area contributed by atoms with Gasteiger partial charge in [-0.2, -0.15) is 0 Å². The van der Waals surface area contributed by atoms with Gasteiger partial charge in [0.2, 0.25) is 10.0 Å². The largest absolute Gasteiger partial charge is 0.380 e. The Hall–Kier alpha value is -0.890. The molecule has 1 rings (SSSR count). The minimum absolute atomic E-state index is 0.264. The van der Waals surface area contributed by atoms with Crippen LogP contribution in [-0.2, 0) is 21.3 Å². The number of rotatable bonds is 11. The number of H-pyrrole nitrogens is 1. The first-order chi connectivity index (χ1) is 9.95. The Morgan fingerprint density at radius 3 is 2.76 bits per heavy atom. The van der Waals surface area contributed by atoms with E-state index in [1.54, 1.807) is 6.07 Å². The Balaban J connectivity index is 2.39. The van der Waals surface area contributed by atoms with Crippen molar-refractivity contribution in [1.29, 1.82) is 0 Å². The Kier molecular flexibility index (Phi) is 7.95. The minimum atomic E-state index is -3.46. The predicted octanol–water partition coefficient (Wildman–Crippen LogP) is 1.47. The van der Waals surface area contributed by atoms with Gasteiger partial charge in [0.1, 0.15) is 0 Å². The lowest BCUT2D eigenvalue weighted by Gasteiger charge is -2.07. The number of sulfonamides is 1. The summed E-state index contributed by atoms with van der Waals surface area (Å²) in [4.78, 5) is 3.24. The summed E-state index contributed by atoms with van der Waals surface area (Å²) in [5, 5.41) is 3.22. The molecule has 0 spiro atoms. The van der Waals surface area contributed by atoms with Crippen LogP contribution in [0.25, 0.3) is 0 Å². The number of aromatic nitrogens is 1. The molecule has 0 saturated carbocycles. The number of nitrogens with one attached hydrogen (secondary N) is 3. The molecule has 0 atom stereocenters. The zero-order chi connectivity index (χ0) is 15.7. The molecule has 0 bridgehead atoms. The number of hydrogen-bond donors (Lipinski definition) is 3. The van der Waals surface area contributed by atoms with Crippen LogP contribution in [0.15, 0.2) is 17.2 Å². The van der Waals surface area contributed by atoms with Crippen molar-refractivity contribution in [2.75, 3.05) is 26.3 Å². The lowest BCUT2D eigenvalue weighted by molar-refractivity contribution is 0.114. The average molecular weight is 317 g/mol. The summed E-state index contributed by atoms with van der Waals surface area (Å²) >= 11 is 0. The fourth-order valence-electron chi connectivity index (χ4n) is 1.73. The molecule has 0 radical (unpaired) electrons. The first kappa shape index (κ1) is 18.2. The molecule has 0 saturated heterocycles. The maximum Gasteiger partial charge on any atom is 0.242 e. The van der Waals surface area contributed by atoms with E-state index in [0.717, 1.165) is 18.7 Å². The van der Waals surface area contributed by atoms with E-state index in [1.165, 1.54) is 6.20 Å². The first-order valence-corrected chi connectivity index (χ1v) is 8.89. The van der Waals surface area contributed by atoms with Crippen LogP contribution in [-0.4, -0.2) is 39.7 Å². The molecule has 0 aliphatic rings. The van der Waals surface area contributed by atoms with Gasteiger partial charge in [-0.15, -0.1) is 0 Å². The van der Waals surface area contributed by atoms with Crippen LogP contribution in [0, 0.1) is 5.92 Å². The molecule has 1 aromatic rings. The predicted molar refractivity (Wildman–Crippen MR) is 83.6 cm³/mol. The minimum Gasteiger partial charge on any atom is -0.380 e. The Morgan fingerprint density at radius 1 is 1.33 bits per heavy atom. The summed E-state index contributed by atoms with van der Waals surface area (Å²) in [7, 11) is -3.46. The molecule has 3 N–H and O–H groups in total. The first-order valence-electron chi connectivity index (χ1n) is 7.41. The quantitative estimate of drug-likeness (QED) is 0.540. The van der Waals surface area contributed by atoms with Gasteiger partial charge >= 0.3 is 0 Å². The maximum atomic E-state index is 12.1. The molecular weight excluding hydrogens is 290 g/mol. The SMILES string of the molecule is CCCNCc1cc(S(=O)(=O)NCCOCC(C)C)c[nH]1. The summed E-state index contributed by atoms with van der Waals surface area (Å²) in [5.74, 6) is 0.449. The fraction of sp³-hybridized carbons (Fsp3) is 0.714. The average Bonchev–Trinajstić information content (AvgIpc) is 2.88. The highest BCUT2D eigenvalue weighted by Crippen LogP contribution is 2.10. The van der Waals surface area contributed by atoms with Gasteiger partial charge in [-0.1, -0.05) is 20.8 Å². The third kappa shape index (κ3) is 7.08. The Bertz CT molecular complexity index is 497. The molecule has 0 amide bonds. The van der Waals surface area contributed by atoms with Gasteiger partial charge in [-0.05, 0) is 24.9 Å².